The monoisotopic (exact) mass is 311 g/mol. The van der Waals surface area contributed by atoms with Crippen molar-refractivity contribution >= 4 is 16.5 Å². The van der Waals surface area contributed by atoms with Gasteiger partial charge < -0.3 is 10.2 Å². The van der Waals surface area contributed by atoms with E-state index in [9.17, 15) is 0 Å². The molecule has 0 aliphatic heterocycles. The Balaban J connectivity index is 2.82. The Labute approximate surface area is 135 Å². The lowest BCUT2D eigenvalue weighted by molar-refractivity contribution is 0.486. The zero-order chi connectivity index (χ0) is 15.8. The van der Waals surface area contributed by atoms with Crippen molar-refractivity contribution in [2.75, 3.05) is 24.5 Å². The van der Waals surface area contributed by atoms with E-state index >= 15 is 0 Å². The maximum atomic E-state index is 4.84. The van der Waals surface area contributed by atoms with E-state index in [1.165, 1.54) is 35.0 Å². The topological polar surface area (TPSA) is 28.2 Å². The molecule has 0 amide bonds. The molecule has 0 aliphatic rings. The van der Waals surface area contributed by atoms with Crippen molar-refractivity contribution in [2.24, 2.45) is 5.92 Å². The number of hydrogen-bond acceptors (Lipinski definition) is 4. The van der Waals surface area contributed by atoms with Crippen molar-refractivity contribution in [1.29, 1.82) is 0 Å². The van der Waals surface area contributed by atoms with E-state index in [1.807, 2.05) is 11.3 Å². The molecule has 1 heterocycles. The molecule has 0 fully saturated rings. The molecule has 1 rings (SSSR count). The van der Waals surface area contributed by atoms with Crippen molar-refractivity contribution in [3.05, 3.63) is 10.6 Å². The Morgan fingerprint density at radius 2 is 1.86 bits per heavy atom. The van der Waals surface area contributed by atoms with Crippen LogP contribution in [0.25, 0.3) is 0 Å². The molecule has 0 aliphatic carbocycles. The zero-order valence-electron chi connectivity index (χ0n) is 14.7. The Morgan fingerprint density at radius 3 is 2.38 bits per heavy atom. The first-order chi connectivity index (χ1) is 10.1. The van der Waals surface area contributed by atoms with Crippen LogP contribution < -0.4 is 10.2 Å². The summed E-state index contributed by atoms with van der Waals surface area (Å²) in [5.41, 5.74) is 1.19. The third kappa shape index (κ3) is 5.26. The zero-order valence-corrected chi connectivity index (χ0v) is 15.5. The van der Waals surface area contributed by atoms with Crippen molar-refractivity contribution < 1.29 is 0 Å². The highest BCUT2D eigenvalue weighted by molar-refractivity contribution is 7.15. The first-order valence-corrected chi connectivity index (χ1v) is 9.34. The standard InChI is InChI=1S/C17H33N3S/c1-7-11-18-13(5)16-14(6)19-17(21-16)20(10-4)12-15(8-2)9-3/h13,15,18H,7-12H2,1-6H3. The second-order valence-corrected chi connectivity index (χ2v) is 6.85. The van der Waals surface area contributed by atoms with Crippen LogP contribution in [-0.4, -0.2) is 24.6 Å². The van der Waals surface area contributed by atoms with Crippen LogP contribution in [0.3, 0.4) is 0 Å². The fraction of sp³-hybridized carbons (Fsp3) is 0.824. The van der Waals surface area contributed by atoms with Gasteiger partial charge in [-0.1, -0.05) is 33.6 Å². The van der Waals surface area contributed by atoms with E-state index in [2.05, 4.69) is 51.8 Å². The summed E-state index contributed by atoms with van der Waals surface area (Å²) < 4.78 is 0. The number of nitrogens with zero attached hydrogens (tertiary/aromatic N) is 2. The van der Waals surface area contributed by atoms with Gasteiger partial charge in [-0.2, -0.15) is 0 Å². The number of aryl methyl sites for hydroxylation is 1. The lowest BCUT2D eigenvalue weighted by atomic mass is 10.0. The van der Waals surface area contributed by atoms with E-state index in [-0.39, 0.29) is 0 Å². The highest BCUT2D eigenvalue weighted by Gasteiger charge is 2.18. The summed E-state index contributed by atoms with van der Waals surface area (Å²) in [7, 11) is 0. The molecule has 0 saturated heterocycles. The Kier molecular flexibility index (Phi) is 8.27. The first kappa shape index (κ1) is 18.4. The lowest BCUT2D eigenvalue weighted by Gasteiger charge is -2.24. The van der Waals surface area contributed by atoms with Gasteiger partial charge >= 0.3 is 0 Å². The van der Waals surface area contributed by atoms with Crippen LogP contribution in [0.4, 0.5) is 5.13 Å². The average molecular weight is 312 g/mol. The maximum absolute atomic E-state index is 4.84. The molecule has 1 atom stereocenters. The molecule has 0 radical (unpaired) electrons. The molecular weight excluding hydrogens is 278 g/mol. The minimum absolute atomic E-state index is 0.406. The van der Waals surface area contributed by atoms with Crippen LogP contribution in [0.2, 0.25) is 0 Å². The van der Waals surface area contributed by atoms with E-state index in [0.717, 1.165) is 25.6 Å². The fourth-order valence-corrected chi connectivity index (χ4v) is 3.75. The molecule has 1 N–H and O–H groups in total. The Morgan fingerprint density at radius 1 is 1.19 bits per heavy atom. The van der Waals surface area contributed by atoms with E-state index in [1.54, 1.807) is 0 Å². The number of hydrogen-bond donors (Lipinski definition) is 1. The Bertz CT molecular complexity index is 399. The number of nitrogens with one attached hydrogen (secondary N) is 1. The largest absolute Gasteiger partial charge is 0.348 e. The molecular formula is C17H33N3S. The molecule has 3 nitrogen and oxygen atoms in total. The van der Waals surface area contributed by atoms with Gasteiger partial charge in [0.1, 0.15) is 0 Å². The van der Waals surface area contributed by atoms with Crippen LogP contribution in [0.5, 0.6) is 0 Å². The molecule has 1 aromatic rings. The second kappa shape index (κ2) is 9.42. The van der Waals surface area contributed by atoms with Crippen molar-refractivity contribution in [3.8, 4) is 0 Å². The van der Waals surface area contributed by atoms with Crippen LogP contribution in [0, 0.1) is 12.8 Å². The molecule has 122 valence electrons. The molecule has 4 heteroatoms. The van der Waals surface area contributed by atoms with Gasteiger partial charge in [0.05, 0.1) is 5.69 Å². The summed E-state index contributed by atoms with van der Waals surface area (Å²) in [4.78, 5) is 8.68. The quantitative estimate of drug-likeness (QED) is 0.674. The number of aromatic nitrogens is 1. The van der Waals surface area contributed by atoms with Gasteiger partial charge in [0.15, 0.2) is 5.13 Å². The third-order valence-corrected chi connectivity index (χ3v) is 5.60. The number of rotatable bonds is 10. The van der Waals surface area contributed by atoms with Crippen molar-refractivity contribution in [1.82, 2.24) is 10.3 Å². The maximum Gasteiger partial charge on any atom is 0.185 e. The van der Waals surface area contributed by atoms with Crippen LogP contribution in [-0.2, 0) is 0 Å². The van der Waals surface area contributed by atoms with Gasteiger partial charge in [-0.05, 0) is 39.7 Å². The molecule has 0 bridgehead atoms. The normalized spacial score (nSPS) is 12.9. The van der Waals surface area contributed by atoms with E-state index in [4.69, 9.17) is 4.98 Å². The molecule has 0 aromatic carbocycles. The predicted molar refractivity (Wildman–Crippen MR) is 95.5 cm³/mol. The fourth-order valence-electron chi connectivity index (χ4n) is 2.59. The molecule has 0 saturated carbocycles. The predicted octanol–water partition coefficient (Wildman–Crippen LogP) is 4.77. The van der Waals surface area contributed by atoms with Crippen LogP contribution in [0.1, 0.15) is 70.5 Å². The molecule has 1 aromatic heterocycles. The molecule has 21 heavy (non-hydrogen) atoms. The molecule has 0 spiro atoms. The van der Waals surface area contributed by atoms with Gasteiger partial charge in [0, 0.05) is 24.0 Å². The van der Waals surface area contributed by atoms with Gasteiger partial charge in [-0.15, -0.1) is 11.3 Å². The third-order valence-electron chi connectivity index (χ3n) is 4.20. The smallest absolute Gasteiger partial charge is 0.185 e. The van der Waals surface area contributed by atoms with Gasteiger partial charge in [0.25, 0.3) is 0 Å². The minimum Gasteiger partial charge on any atom is -0.348 e. The number of anilines is 1. The summed E-state index contributed by atoms with van der Waals surface area (Å²) >= 11 is 1.87. The molecule has 1 unspecified atom stereocenters. The average Bonchev–Trinajstić information content (AvgIpc) is 2.88. The summed E-state index contributed by atoms with van der Waals surface area (Å²) in [6.45, 7) is 16.7. The van der Waals surface area contributed by atoms with Gasteiger partial charge in [0.2, 0.25) is 0 Å². The van der Waals surface area contributed by atoms with Crippen LogP contribution >= 0.6 is 11.3 Å². The highest BCUT2D eigenvalue weighted by atomic mass is 32.1. The van der Waals surface area contributed by atoms with E-state index in [0.29, 0.717) is 6.04 Å². The SMILES string of the molecule is CCCNC(C)c1sc(N(CC)CC(CC)CC)nc1C. The van der Waals surface area contributed by atoms with E-state index < -0.39 is 0 Å². The Hall–Kier alpha value is -0.610. The number of thiazole rings is 1. The van der Waals surface area contributed by atoms with Gasteiger partial charge in [-0.3, -0.25) is 0 Å². The second-order valence-electron chi connectivity index (χ2n) is 5.84. The summed E-state index contributed by atoms with van der Waals surface area (Å²) in [6, 6.07) is 0.406. The van der Waals surface area contributed by atoms with Crippen molar-refractivity contribution in [3.63, 3.8) is 0 Å². The highest BCUT2D eigenvalue weighted by Crippen LogP contribution is 2.31. The minimum atomic E-state index is 0.406. The van der Waals surface area contributed by atoms with Gasteiger partial charge in [-0.25, -0.2) is 4.98 Å². The summed E-state index contributed by atoms with van der Waals surface area (Å²) in [5, 5.41) is 4.77. The lowest BCUT2D eigenvalue weighted by Crippen LogP contribution is -2.28. The summed E-state index contributed by atoms with van der Waals surface area (Å²) in [5.74, 6) is 0.772. The van der Waals surface area contributed by atoms with Crippen molar-refractivity contribution in [2.45, 2.75) is 66.8 Å². The van der Waals surface area contributed by atoms with Crippen LogP contribution in [0.15, 0.2) is 0 Å². The first-order valence-electron chi connectivity index (χ1n) is 8.52. The summed E-state index contributed by atoms with van der Waals surface area (Å²) in [6.07, 6.45) is 3.67.